The molecule has 1 amide bonds. The quantitative estimate of drug-likeness (QED) is 0.855. The fourth-order valence-electron chi connectivity index (χ4n) is 1.99. The van der Waals surface area contributed by atoms with Crippen LogP contribution in [0.2, 0.25) is 5.02 Å². The number of benzene rings is 1. The summed E-state index contributed by atoms with van der Waals surface area (Å²) in [7, 11) is 0. The number of carbonyl (C=O) groups excluding carboxylic acids is 1. The maximum Gasteiger partial charge on any atom is 0.227 e. The maximum absolute atomic E-state index is 11.8. The Morgan fingerprint density at radius 1 is 1.50 bits per heavy atom. The number of nitrogens with one attached hydrogen (secondary N) is 1. The molecule has 1 saturated heterocycles. The van der Waals surface area contributed by atoms with Crippen molar-refractivity contribution in [1.82, 2.24) is 5.32 Å². The third kappa shape index (κ3) is 3.45. The minimum absolute atomic E-state index is 0.0259. The Kier molecular flexibility index (Phi) is 4.58. The van der Waals surface area contributed by atoms with Crippen LogP contribution in [0.5, 0.6) is 0 Å². The SMILES string of the molecule is NC1COCC1C(=O)NCCc1cccc(Cl)c1. The highest BCUT2D eigenvalue weighted by molar-refractivity contribution is 6.30. The average molecular weight is 269 g/mol. The molecule has 2 unspecified atom stereocenters. The Morgan fingerprint density at radius 3 is 3.00 bits per heavy atom. The fourth-order valence-corrected chi connectivity index (χ4v) is 2.21. The van der Waals surface area contributed by atoms with Gasteiger partial charge >= 0.3 is 0 Å². The van der Waals surface area contributed by atoms with E-state index in [0.717, 1.165) is 12.0 Å². The number of hydrogen-bond acceptors (Lipinski definition) is 3. The molecule has 1 aromatic carbocycles. The van der Waals surface area contributed by atoms with Gasteiger partial charge in [0, 0.05) is 17.6 Å². The van der Waals surface area contributed by atoms with Gasteiger partial charge in [0.2, 0.25) is 5.91 Å². The first-order chi connectivity index (χ1) is 8.66. The van der Waals surface area contributed by atoms with Gasteiger partial charge in [-0.3, -0.25) is 4.79 Å². The van der Waals surface area contributed by atoms with E-state index in [9.17, 15) is 4.79 Å². The van der Waals surface area contributed by atoms with Crippen LogP contribution < -0.4 is 11.1 Å². The highest BCUT2D eigenvalue weighted by Gasteiger charge is 2.30. The molecule has 2 rings (SSSR count). The number of carbonyl (C=O) groups is 1. The number of hydrogen-bond donors (Lipinski definition) is 2. The van der Waals surface area contributed by atoms with Gasteiger partial charge < -0.3 is 15.8 Å². The minimum atomic E-state index is -0.218. The second-order valence-corrected chi connectivity index (χ2v) is 4.92. The third-order valence-electron chi connectivity index (χ3n) is 3.06. The molecule has 5 heteroatoms. The zero-order chi connectivity index (χ0) is 13.0. The summed E-state index contributed by atoms with van der Waals surface area (Å²) in [6.45, 7) is 1.47. The summed E-state index contributed by atoms with van der Waals surface area (Å²) >= 11 is 5.89. The molecule has 3 N–H and O–H groups in total. The van der Waals surface area contributed by atoms with E-state index in [-0.39, 0.29) is 17.9 Å². The summed E-state index contributed by atoms with van der Waals surface area (Å²) in [6.07, 6.45) is 0.759. The van der Waals surface area contributed by atoms with Crippen LogP contribution in [-0.4, -0.2) is 31.7 Å². The molecular formula is C13H17ClN2O2. The smallest absolute Gasteiger partial charge is 0.227 e. The largest absolute Gasteiger partial charge is 0.379 e. The van der Waals surface area contributed by atoms with E-state index >= 15 is 0 Å². The van der Waals surface area contributed by atoms with Gasteiger partial charge in [-0.05, 0) is 24.1 Å². The van der Waals surface area contributed by atoms with E-state index in [1.54, 1.807) is 0 Å². The molecule has 98 valence electrons. The summed E-state index contributed by atoms with van der Waals surface area (Å²) in [5.74, 6) is -0.244. The number of halogens is 1. The van der Waals surface area contributed by atoms with Crippen LogP contribution in [0.15, 0.2) is 24.3 Å². The first-order valence-electron chi connectivity index (χ1n) is 6.02. The molecule has 0 aromatic heterocycles. The lowest BCUT2D eigenvalue weighted by Crippen LogP contribution is -2.41. The van der Waals surface area contributed by atoms with Gasteiger partial charge in [0.25, 0.3) is 0 Å². The molecule has 0 spiro atoms. The molecule has 1 heterocycles. The standard InChI is InChI=1S/C13H17ClN2O2/c14-10-3-1-2-9(6-10)4-5-16-13(17)11-7-18-8-12(11)15/h1-3,6,11-12H,4-5,7-8,15H2,(H,16,17). The zero-order valence-corrected chi connectivity index (χ0v) is 10.8. The van der Waals surface area contributed by atoms with E-state index in [2.05, 4.69) is 5.32 Å². The van der Waals surface area contributed by atoms with Gasteiger partial charge in [-0.2, -0.15) is 0 Å². The van der Waals surface area contributed by atoms with Crippen molar-refractivity contribution in [3.8, 4) is 0 Å². The Balaban J connectivity index is 1.77. The first kappa shape index (κ1) is 13.3. The van der Waals surface area contributed by atoms with E-state index in [1.807, 2.05) is 24.3 Å². The number of ether oxygens (including phenoxy) is 1. The van der Waals surface area contributed by atoms with E-state index in [4.69, 9.17) is 22.1 Å². The summed E-state index contributed by atoms with van der Waals surface area (Å²) in [5, 5.41) is 3.59. The third-order valence-corrected chi connectivity index (χ3v) is 3.30. The second-order valence-electron chi connectivity index (χ2n) is 4.48. The van der Waals surface area contributed by atoms with Crippen molar-refractivity contribution in [2.24, 2.45) is 11.7 Å². The number of nitrogens with two attached hydrogens (primary N) is 1. The molecule has 18 heavy (non-hydrogen) atoms. The Bertz CT molecular complexity index is 425. The van der Waals surface area contributed by atoms with Crippen molar-refractivity contribution in [3.63, 3.8) is 0 Å². The van der Waals surface area contributed by atoms with Gasteiger partial charge in [0.1, 0.15) is 0 Å². The van der Waals surface area contributed by atoms with Crippen molar-refractivity contribution in [3.05, 3.63) is 34.9 Å². The zero-order valence-electron chi connectivity index (χ0n) is 10.1. The Labute approximate surface area is 111 Å². The molecule has 2 atom stereocenters. The van der Waals surface area contributed by atoms with Crippen LogP contribution in [0.3, 0.4) is 0 Å². The van der Waals surface area contributed by atoms with Crippen LogP contribution in [0.4, 0.5) is 0 Å². The molecule has 0 saturated carbocycles. The van der Waals surface area contributed by atoms with Gasteiger partial charge in [-0.15, -0.1) is 0 Å². The normalized spacial score (nSPS) is 23.0. The maximum atomic E-state index is 11.8. The molecular weight excluding hydrogens is 252 g/mol. The molecule has 0 aliphatic carbocycles. The van der Waals surface area contributed by atoms with Gasteiger partial charge in [-0.1, -0.05) is 23.7 Å². The summed E-state index contributed by atoms with van der Waals surface area (Å²) in [6, 6.07) is 7.44. The number of rotatable bonds is 4. The van der Waals surface area contributed by atoms with E-state index in [0.29, 0.717) is 24.8 Å². The van der Waals surface area contributed by atoms with E-state index in [1.165, 1.54) is 0 Å². The average Bonchev–Trinajstić information content (AvgIpc) is 2.75. The van der Waals surface area contributed by atoms with Crippen LogP contribution in [0.25, 0.3) is 0 Å². The lowest BCUT2D eigenvalue weighted by atomic mass is 10.0. The van der Waals surface area contributed by atoms with Crippen LogP contribution >= 0.6 is 11.6 Å². The molecule has 1 aliphatic rings. The molecule has 1 aromatic rings. The van der Waals surface area contributed by atoms with E-state index < -0.39 is 0 Å². The lowest BCUT2D eigenvalue weighted by Gasteiger charge is -2.13. The van der Waals surface area contributed by atoms with Gasteiger partial charge in [0.15, 0.2) is 0 Å². The predicted molar refractivity (Wildman–Crippen MR) is 70.5 cm³/mol. The predicted octanol–water partition coefficient (Wildman–Crippen LogP) is 0.972. The lowest BCUT2D eigenvalue weighted by molar-refractivity contribution is -0.125. The van der Waals surface area contributed by atoms with Crippen LogP contribution in [-0.2, 0) is 16.0 Å². The molecule has 0 bridgehead atoms. The monoisotopic (exact) mass is 268 g/mol. The van der Waals surface area contributed by atoms with Crippen molar-refractivity contribution < 1.29 is 9.53 Å². The first-order valence-corrected chi connectivity index (χ1v) is 6.40. The van der Waals surface area contributed by atoms with Crippen molar-refractivity contribution >= 4 is 17.5 Å². The topological polar surface area (TPSA) is 64.3 Å². The van der Waals surface area contributed by atoms with Gasteiger partial charge in [0.05, 0.1) is 19.1 Å². The number of amides is 1. The summed E-state index contributed by atoms with van der Waals surface area (Å²) in [5.41, 5.74) is 6.89. The van der Waals surface area contributed by atoms with Crippen molar-refractivity contribution in [1.29, 1.82) is 0 Å². The summed E-state index contributed by atoms with van der Waals surface area (Å²) in [4.78, 5) is 11.8. The molecule has 1 fully saturated rings. The Morgan fingerprint density at radius 2 is 2.33 bits per heavy atom. The van der Waals surface area contributed by atoms with Crippen LogP contribution in [0, 0.1) is 5.92 Å². The van der Waals surface area contributed by atoms with Gasteiger partial charge in [-0.25, -0.2) is 0 Å². The minimum Gasteiger partial charge on any atom is -0.379 e. The van der Waals surface area contributed by atoms with Crippen molar-refractivity contribution in [2.45, 2.75) is 12.5 Å². The Hall–Kier alpha value is -1.10. The van der Waals surface area contributed by atoms with Crippen LogP contribution in [0.1, 0.15) is 5.56 Å². The highest BCUT2D eigenvalue weighted by atomic mass is 35.5. The molecule has 1 aliphatic heterocycles. The van der Waals surface area contributed by atoms with Crippen molar-refractivity contribution in [2.75, 3.05) is 19.8 Å². The summed E-state index contributed by atoms with van der Waals surface area (Å²) < 4.78 is 5.17. The second kappa shape index (κ2) is 6.18. The molecule has 0 radical (unpaired) electrons. The molecule has 4 nitrogen and oxygen atoms in total. The highest BCUT2D eigenvalue weighted by Crippen LogP contribution is 2.12. The fraction of sp³-hybridized carbons (Fsp3) is 0.462.